The Balaban J connectivity index is 2.51. The van der Waals surface area contributed by atoms with E-state index in [0.29, 0.717) is 5.57 Å². The number of aliphatic hydroxyl groups excluding tert-OH is 1. The summed E-state index contributed by atoms with van der Waals surface area (Å²) in [5.74, 6) is -2.26. The van der Waals surface area contributed by atoms with Crippen molar-refractivity contribution in [2.24, 2.45) is 0 Å². The Morgan fingerprint density at radius 3 is 2.53 bits per heavy atom. The van der Waals surface area contributed by atoms with E-state index in [2.05, 4.69) is 0 Å². The van der Waals surface area contributed by atoms with Crippen molar-refractivity contribution in [3.05, 3.63) is 11.6 Å². The third-order valence-electron chi connectivity index (χ3n) is 2.10. The average Bonchev–Trinajstić information content (AvgIpc) is 2.38. The number of nitrogens with zero attached hydrogens (tertiary/aromatic N) is 1. The van der Waals surface area contributed by atoms with Gasteiger partial charge in [0.25, 0.3) is 11.8 Å². The van der Waals surface area contributed by atoms with E-state index in [0.717, 1.165) is 4.90 Å². The number of carbonyl (C=O) groups is 3. The Morgan fingerprint density at radius 1 is 1.53 bits per heavy atom. The van der Waals surface area contributed by atoms with E-state index in [1.165, 1.54) is 13.0 Å². The van der Waals surface area contributed by atoms with E-state index in [-0.39, 0.29) is 13.0 Å². The topological polar surface area (TPSA) is 94.9 Å². The Hall–Kier alpha value is -1.69. The molecule has 1 rings (SSSR count). The summed E-state index contributed by atoms with van der Waals surface area (Å²) in [4.78, 5) is 33.7. The molecule has 0 bridgehead atoms. The minimum absolute atomic E-state index is 0.0844. The number of amides is 2. The first-order chi connectivity index (χ1) is 6.93. The number of carboxylic acid groups (broad SMARTS) is 1. The van der Waals surface area contributed by atoms with Crippen LogP contribution < -0.4 is 0 Å². The Morgan fingerprint density at radius 2 is 2.13 bits per heavy atom. The number of carboxylic acids is 1. The monoisotopic (exact) mass is 213 g/mol. The van der Waals surface area contributed by atoms with Gasteiger partial charge in [0, 0.05) is 24.6 Å². The first-order valence-electron chi connectivity index (χ1n) is 4.38. The maximum atomic E-state index is 11.3. The van der Waals surface area contributed by atoms with Crippen LogP contribution in [-0.2, 0) is 14.4 Å². The molecule has 0 fully saturated rings. The molecule has 0 radical (unpaired) electrons. The summed E-state index contributed by atoms with van der Waals surface area (Å²) in [7, 11) is 0. The van der Waals surface area contributed by atoms with Gasteiger partial charge >= 0.3 is 5.97 Å². The second-order valence-electron chi connectivity index (χ2n) is 3.27. The fourth-order valence-corrected chi connectivity index (χ4v) is 1.22. The van der Waals surface area contributed by atoms with Crippen molar-refractivity contribution >= 4 is 17.8 Å². The van der Waals surface area contributed by atoms with Gasteiger partial charge < -0.3 is 10.2 Å². The van der Waals surface area contributed by atoms with Gasteiger partial charge in [-0.3, -0.25) is 14.5 Å². The molecular weight excluding hydrogens is 202 g/mol. The fraction of sp³-hybridized carbons (Fsp3) is 0.444. The van der Waals surface area contributed by atoms with Crippen LogP contribution in [0.4, 0.5) is 0 Å². The summed E-state index contributed by atoms with van der Waals surface area (Å²) in [6.45, 7) is 1.42. The van der Waals surface area contributed by atoms with Crippen molar-refractivity contribution < 1.29 is 24.6 Å². The third kappa shape index (κ3) is 2.41. The molecule has 82 valence electrons. The SMILES string of the molecule is CC1=CC(=O)N(CCC(O)C(=O)O)C1=O. The van der Waals surface area contributed by atoms with E-state index >= 15 is 0 Å². The molecule has 0 aromatic heterocycles. The molecule has 15 heavy (non-hydrogen) atoms. The number of hydrogen-bond donors (Lipinski definition) is 2. The van der Waals surface area contributed by atoms with Gasteiger partial charge in [0.05, 0.1) is 0 Å². The van der Waals surface area contributed by atoms with Crippen LogP contribution >= 0.6 is 0 Å². The smallest absolute Gasteiger partial charge is 0.332 e. The first kappa shape index (κ1) is 11.4. The molecule has 0 spiro atoms. The largest absolute Gasteiger partial charge is 0.479 e. The lowest BCUT2D eigenvalue weighted by atomic mass is 10.2. The standard InChI is InChI=1S/C9H11NO5/c1-5-4-7(12)10(8(5)13)3-2-6(11)9(14)15/h4,6,11H,2-3H2,1H3,(H,14,15). The van der Waals surface area contributed by atoms with Crippen LogP contribution in [-0.4, -0.2) is 45.5 Å². The predicted octanol–water partition coefficient (Wildman–Crippen LogP) is -0.863. The zero-order valence-electron chi connectivity index (χ0n) is 8.14. The molecular formula is C9H11NO5. The van der Waals surface area contributed by atoms with Gasteiger partial charge in [0.1, 0.15) is 0 Å². The second-order valence-corrected chi connectivity index (χ2v) is 3.27. The van der Waals surface area contributed by atoms with Crippen LogP contribution in [0.3, 0.4) is 0 Å². The Kier molecular flexibility index (Phi) is 3.21. The maximum Gasteiger partial charge on any atom is 0.332 e. The van der Waals surface area contributed by atoms with Crippen molar-refractivity contribution in [1.29, 1.82) is 0 Å². The molecule has 0 aromatic rings. The summed E-state index contributed by atoms with van der Waals surface area (Å²) in [5, 5.41) is 17.3. The second kappa shape index (κ2) is 4.22. The molecule has 1 atom stereocenters. The lowest BCUT2D eigenvalue weighted by Crippen LogP contribution is -2.35. The molecule has 0 saturated carbocycles. The van der Waals surface area contributed by atoms with Crippen LogP contribution in [0.5, 0.6) is 0 Å². The highest BCUT2D eigenvalue weighted by molar-refractivity contribution is 6.15. The van der Waals surface area contributed by atoms with Gasteiger partial charge in [-0.1, -0.05) is 0 Å². The summed E-state index contributed by atoms with van der Waals surface area (Å²) in [6, 6.07) is 0. The highest BCUT2D eigenvalue weighted by Gasteiger charge is 2.29. The van der Waals surface area contributed by atoms with Crippen LogP contribution in [0, 0.1) is 0 Å². The van der Waals surface area contributed by atoms with E-state index in [9.17, 15) is 14.4 Å². The summed E-state index contributed by atoms with van der Waals surface area (Å²) in [5.41, 5.74) is 0.324. The zero-order chi connectivity index (χ0) is 11.6. The maximum absolute atomic E-state index is 11.3. The van der Waals surface area contributed by atoms with Crippen molar-refractivity contribution in [2.45, 2.75) is 19.4 Å². The molecule has 1 unspecified atom stereocenters. The number of carbonyl (C=O) groups excluding carboxylic acids is 2. The van der Waals surface area contributed by atoms with E-state index in [1.54, 1.807) is 0 Å². The Bertz CT molecular complexity index is 346. The highest BCUT2D eigenvalue weighted by Crippen LogP contribution is 2.12. The van der Waals surface area contributed by atoms with Crippen LogP contribution in [0.1, 0.15) is 13.3 Å². The van der Waals surface area contributed by atoms with Crippen LogP contribution in [0.2, 0.25) is 0 Å². The summed E-state index contributed by atoms with van der Waals surface area (Å²) < 4.78 is 0. The van der Waals surface area contributed by atoms with Gasteiger partial charge in [-0.15, -0.1) is 0 Å². The number of aliphatic hydroxyl groups is 1. The number of imide groups is 1. The van der Waals surface area contributed by atoms with Crippen molar-refractivity contribution in [2.75, 3.05) is 6.54 Å². The van der Waals surface area contributed by atoms with Crippen LogP contribution in [0.25, 0.3) is 0 Å². The van der Waals surface area contributed by atoms with Gasteiger partial charge in [-0.2, -0.15) is 0 Å². The van der Waals surface area contributed by atoms with Crippen molar-refractivity contribution in [1.82, 2.24) is 4.90 Å². The van der Waals surface area contributed by atoms with Crippen molar-refractivity contribution in [3.8, 4) is 0 Å². The molecule has 1 aliphatic rings. The minimum Gasteiger partial charge on any atom is -0.479 e. The molecule has 6 nitrogen and oxygen atoms in total. The number of rotatable bonds is 4. The van der Waals surface area contributed by atoms with Gasteiger partial charge in [0.15, 0.2) is 6.10 Å². The van der Waals surface area contributed by atoms with Crippen molar-refractivity contribution in [3.63, 3.8) is 0 Å². The van der Waals surface area contributed by atoms with E-state index in [4.69, 9.17) is 10.2 Å². The van der Waals surface area contributed by atoms with Gasteiger partial charge in [-0.05, 0) is 6.92 Å². The van der Waals surface area contributed by atoms with Gasteiger partial charge in [0.2, 0.25) is 0 Å². The van der Waals surface area contributed by atoms with Gasteiger partial charge in [-0.25, -0.2) is 4.79 Å². The Labute approximate surface area is 85.8 Å². The first-order valence-corrected chi connectivity index (χ1v) is 4.38. The summed E-state index contributed by atoms with van der Waals surface area (Å²) >= 11 is 0. The molecule has 0 aliphatic carbocycles. The lowest BCUT2D eigenvalue weighted by molar-refractivity contribution is -0.148. The molecule has 2 N–H and O–H groups in total. The van der Waals surface area contributed by atoms with Crippen LogP contribution in [0.15, 0.2) is 11.6 Å². The zero-order valence-corrected chi connectivity index (χ0v) is 8.14. The predicted molar refractivity (Wildman–Crippen MR) is 48.7 cm³/mol. The molecule has 6 heteroatoms. The lowest BCUT2D eigenvalue weighted by Gasteiger charge is -2.15. The number of hydrogen-bond acceptors (Lipinski definition) is 4. The molecule has 0 aromatic carbocycles. The average molecular weight is 213 g/mol. The van der Waals surface area contributed by atoms with E-state index < -0.39 is 23.9 Å². The minimum atomic E-state index is -1.55. The molecule has 2 amide bonds. The highest BCUT2D eigenvalue weighted by atomic mass is 16.4. The quantitative estimate of drug-likeness (QED) is 0.592. The summed E-state index contributed by atoms with van der Waals surface area (Å²) in [6.07, 6.45) is -0.518. The normalized spacial score (nSPS) is 18.0. The number of aliphatic carboxylic acids is 1. The van der Waals surface area contributed by atoms with E-state index in [1.807, 2.05) is 0 Å². The molecule has 1 heterocycles. The third-order valence-corrected chi connectivity index (χ3v) is 2.10. The molecule has 1 aliphatic heterocycles. The fourth-order valence-electron chi connectivity index (χ4n) is 1.22. The molecule has 0 saturated heterocycles.